The van der Waals surface area contributed by atoms with E-state index in [0.29, 0.717) is 0 Å². The van der Waals surface area contributed by atoms with Gasteiger partial charge in [-0.25, -0.2) is 0 Å². The van der Waals surface area contributed by atoms with Crippen molar-refractivity contribution >= 4 is 11.6 Å². The number of nitrogens with two attached hydrogens (primary N) is 2. The molecule has 1 atom stereocenters. The van der Waals surface area contributed by atoms with E-state index in [2.05, 4.69) is 10.3 Å². The summed E-state index contributed by atoms with van der Waals surface area (Å²) in [7, 11) is 0. The zero-order valence-electron chi connectivity index (χ0n) is 9.82. The summed E-state index contributed by atoms with van der Waals surface area (Å²) >= 11 is 0. The largest absolute Gasteiger partial charge is 0.379 e. The number of nitrogens with zero attached hydrogens (tertiary/aromatic N) is 1. The molecule has 16 heavy (non-hydrogen) atoms. The Bertz CT molecular complexity index is 387. The van der Waals surface area contributed by atoms with Crippen LogP contribution in [-0.2, 0) is 0 Å². The highest BCUT2D eigenvalue weighted by atomic mass is 16.1. The molecule has 5 heteroatoms. The van der Waals surface area contributed by atoms with Crippen LogP contribution in [0.15, 0.2) is 18.3 Å². The van der Waals surface area contributed by atoms with Gasteiger partial charge in [0.2, 0.25) is 0 Å². The minimum atomic E-state index is -0.540. The SMILES string of the molecule is CC(N)C(C)(C)Nc1ccnc(C(N)=O)c1. The molecule has 1 rings (SSSR count). The number of nitrogens with one attached hydrogen (secondary N) is 1. The van der Waals surface area contributed by atoms with E-state index >= 15 is 0 Å². The molecule has 0 radical (unpaired) electrons. The van der Waals surface area contributed by atoms with Gasteiger partial charge in [0.1, 0.15) is 5.69 Å². The molecule has 1 unspecified atom stereocenters. The van der Waals surface area contributed by atoms with Crippen molar-refractivity contribution in [3.05, 3.63) is 24.0 Å². The Morgan fingerprint density at radius 2 is 2.19 bits per heavy atom. The standard InChI is InChI=1S/C11H18N4O/c1-7(12)11(2,3)15-8-4-5-14-9(6-8)10(13)16/h4-7H,12H2,1-3H3,(H2,13,16)(H,14,15). The van der Waals surface area contributed by atoms with Gasteiger partial charge < -0.3 is 16.8 Å². The Labute approximate surface area is 95.2 Å². The lowest BCUT2D eigenvalue weighted by atomic mass is 9.96. The van der Waals surface area contributed by atoms with Gasteiger partial charge >= 0.3 is 0 Å². The molecule has 0 saturated carbocycles. The van der Waals surface area contributed by atoms with Crippen LogP contribution < -0.4 is 16.8 Å². The number of amides is 1. The van der Waals surface area contributed by atoms with Crippen molar-refractivity contribution in [2.45, 2.75) is 32.4 Å². The molecule has 0 aliphatic rings. The average Bonchev–Trinajstić information content (AvgIpc) is 2.17. The van der Waals surface area contributed by atoms with Crippen molar-refractivity contribution < 1.29 is 4.79 Å². The van der Waals surface area contributed by atoms with Crippen molar-refractivity contribution in [2.75, 3.05) is 5.32 Å². The zero-order valence-corrected chi connectivity index (χ0v) is 9.82. The highest BCUT2D eigenvalue weighted by Gasteiger charge is 2.22. The number of anilines is 1. The monoisotopic (exact) mass is 222 g/mol. The summed E-state index contributed by atoms with van der Waals surface area (Å²) in [5, 5.41) is 3.24. The molecule has 0 aliphatic carbocycles. The van der Waals surface area contributed by atoms with E-state index in [1.165, 1.54) is 0 Å². The topological polar surface area (TPSA) is 94.0 Å². The number of hydrogen-bond acceptors (Lipinski definition) is 4. The molecule has 0 aromatic carbocycles. The Morgan fingerprint density at radius 3 is 2.69 bits per heavy atom. The Balaban J connectivity index is 2.90. The van der Waals surface area contributed by atoms with Crippen molar-refractivity contribution in [3.63, 3.8) is 0 Å². The Kier molecular flexibility index (Phi) is 3.49. The Hall–Kier alpha value is -1.62. The molecule has 0 saturated heterocycles. The number of aromatic nitrogens is 1. The molecule has 0 fully saturated rings. The number of carbonyl (C=O) groups excluding carboxylic acids is 1. The summed E-state index contributed by atoms with van der Waals surface area (Å²) in [6, 6.07) is 3.36. The van der Waals surface area contributed by atoms with E-state index in [1.807, 2.05) is 20.8 Å². The van der Waals surface area contributed by atoms with E-state index in [4.69, 9.17) is 11.5 Å². The third-order valence-corrected chi connectivity index (χ3v) is 2.62. The molecule has 1 aromatic heterocycles. The van der Waals surface area contributed by atoms with Crippen molar-refractivity contribution in [3.8, 4) is 0 Å². The maximum Gasteiger partial charge on any atom is 0.267 e. The van der Waals surface area contributed by atoms with Crippen LogP contribution in [-0.4, -0.2) is 22.5 Å². The first-order valence-corrected chi connectivity index (χ1v) is 5.12. The summed E-state index contributed by atoms with van der Waals surface area (Å²) < 4.78 is 0. The van der Waals surface area contributed by atoms with Crippen LogP contribution in [0.1, 0.15) is 31.3 Å². The first-order chi connectivity index (χ1) is 7.33. The molecular weight excluding hydrogens is 204 g/mol. The first-order valence-electron chi connectivity index (χ1n) is 5.12. The van der Waals surface area contributed by atoms with Gasteiger partial charge in [0.15, 0.2) is 0 Å². The summed E-state index contributed by atoms with van der Waals surface area (Å²) in [5.74, 6) is -0.540. The lowest BCUT2D eigenvalue weighted by molar-refractivity contribution is 0.0995. The lowest BCUT2D eigenvalue weighted by Gasteiger charge is -2.31. The molecule has 0 aliphatic heterocycles. The van der Waals surface area contributed by atoms with Gasteiger partial charge in [-0.05, 0) is 32.9 Å². The number of primary amides is 1. The lowest BCUT2D eigenvalue weighted by Crippen LogP contribution is -2.47. The quantitative estimate of drug-likeness (QED) is 0.699. The van der Waals surface area contributed by atoms with E-state index in [9.17, 15) is 4.79 Å². The highest BCUT2D eigenvalue weighted by Crippen LogP contribution is 2.17. The third-order valence-electron chi connectivity index (χ3n) is 2.62. The Morgan fingerprint density at radius 1 is 1.56 bits per heavy atom. The number of rotatable bonds is 4. The molecule has 5 N–H and O–H groups in total. The van der Waals surface area contributed by atoms with E-state index in [0.717, 1.165) is 5.69 Å². The molecule has 0 spiro atoms. The molecule has 1 aromatic rings. The van der Waals surface area contributed by atoms with Gasteiger partial charge in [-0.15, -0.1) is 0 Å². The van der Waals surface area contributed by atoms with E-state index < -0.39 is 5.91 Å². The van der Waals surface area contributed by atoms with Crippen LogP contribution in [0.5, 0.6) is 0 Å². The minimum Gasteiger partial charge on any atom is -0.379 e. The van der Waals surface area contributed by atoms with Crippen LogP contribution in [0.25, 0.3) is 0 Å². The fourth-order valence-electron chi connectivity index (χ4n) is 1.13. The zero-order chi connectivity index (χ0) is 12.3. The van der Waals surface area contributed by atoms with E-state index in [-0.39, 0.29) is 17.3 Å². The second-order valence-electron chi connectivity index (χ2n) is 4.43. The summed E-state index contributed by atoms with van der Waals surface area (Å²) in [4.78, 5) is 14.8. The van der Waals surface area contributed by atoms with Crippen LogP contribution >= 0.6 is 0 Å². The normalized spacial score (nSPS) is 13.2. The number of pyridine rings is 1. The van der Waals surface area contributed by atoms with Crippen LogP contribution in [0.2, 0.25) is 0 Å². The second kappa shape index (κ2) is 4.49. The maximum absolute atomic E-state index is 11.0. The van der Waals surface area contributed by atoms with Gasteiger partial charge in [-0.2, -0.15) is 0 Å². The third kappa shape index (κ3) is 2.93. The van der Waals surface area contributed by atoms with Crippen LogP contribution in [0.4, 0.5) is 5.69 Å². The van der Waals surface area contributed by atoms with Gasteiger partial charge in [-0.3, -0.25) is 9.78 Å². The first kappa shape index (κ1) is 12.4. The van der Waals surface area contributed by atoms with Crippen molar-refractivity contribution in [1.82, 2.24) is 4.98 Å². The molecular formula is C11H18N4O. The van der Waals surface area contributed by atoms with E-state index in [1.54, 1.807) is 18.3 Å². The molecule has 88 valence electrons. The molecule has 5 nitrogen and oxygen atoms in total. The minimum absolute atomic E-state index is 0.0299. The van der Waals surface area contributed by atoms with Crippen molar-refractivity contribution in [2.24, 2.45) is 11.5 Å². The van der Waals surface area contributed by atoms with Crippen LogP contribution in [0, 0.1) is 0 Å². The number of carbonyl (C=O) groups is 1. The predicted molar refractivity (Wildman–Crippen MR) is 64.1 cm³/mol. The number of hydrogen-bond donors (Lipinski definition) is 3. The fourth-order valence-corrected chi connectivity index (χ4v) is 1.13. The van der Waals surface area contributed by atoms with Gasteiger partial charge in [0, 0.05) is 23.5 Å². The molecule has 1 heterocycles. The highest BCUT2D eigenvalue weighted by molar-refractivity contribution is 5.91. The van der Waals surface area contributed by atoms with Gasteiger partial charge in [0.05, 0.1) is 0 Å². The molecule has 0 bridgehead atoms. The van der Waals surface area contributed by atoms with Gasteiger partial charge in [-0.1, -0.05) is 0 Å². The molecule has 1 amide bonds. The maximum atomic E-state index is 11.0. The summed E-state index contributed by atoms with van der Waals surface area (Å²) in [6.45, 7) is 5.90. The van der Waals surface area contributed by atoms with Crippen LogP contribution in [0.3, 0.4) is 0 Å². The summed E-state index contributed by atoms with van der Waals surface area (Å²) in [5.41, 5.74) is 11.8. The summed E-state index contributed by atoms with van der Waals surface area (Å²) in [6.07, 6.45) is 1.54. The van der Waals surface area contributed by atoms with Crippen molar-refractivity contribution in [1.29, 1.82) is 0 Å². The van der Waals surface area contributed by atoms with Gasteiger partial charge in [0.25, 0.3) is 5.91 Å². The average molecular weight is 222 g/mol. The predicted octanol–water partition coefficient (Wildman–Crippen LogP) is 0.718. The second-order valence-corrected chi connectivity index (χ2v) is 4.43. The fraction of sp³-hybridized carbons (Fsp3) is 0.455. The smallest absolute Gasteiger partial charge is 0.267 e.